The van der Waals surface area contributed by atoms with Crippen LogP contribution >= 0.6 is 0 Å². The molecule has 1 heterocycles. The molecule has 0 radical (unpaired) electrons. The maximum atomic E-state index is 11.0. The Morgan fingerprint density at radius 3 is 2.27 bits per heavy atom. The molecule has 58 valence electrons. The van der Waals surface area contributed by atoms with E-state index in [0.717, 1.165) is 4.90 Å². The molecular formula is C6H7N3O2. The topological polar surface area (TPSA) is 73.2 Å². The molecule has 0 aromatic carbocycles. The van der Waals surface area contributed by atoms with E-state index in [1.54, 1.807) is 6.19 Å². The van der Waals surface area contributed by atoms with Crippen LogP contribution in [0.4, 0.5) is 4.79 Å². The van der Waals surface area contributed by atoms with Gasteiger partial charge in [-0.25, -0.2) is 9.69 Å². The Morgan fingerprint density at radius 1 is 1.55 bits per heavy atom. The molecule has 0 spiro atoms. The Bertz CT molecular complexity index is 263. The number of rotatable bonds is 0. The van der Waals surface area contributed by atoms with Crippen LogP contribution in [-0.4, -0.2) is 22.4 Å². The Balaban J connectivity index is 3.05. The second-order valence-corrected chi connectivity index (χ2v) is 2.75. The number of nitrogens with one attached hydrogen (secondary N) is 1. The van der Waals surface area contributed by atoms with Crippen molar-refractivity contribution in [2.24, 2.45) is 0 Å². The van der Waals surface area contributed by atoms with Crippen LogP contribution in [0, 0.1) is 11.5 Å². The van der Waals surface area contributed by atoms with Gasteiger partial charge in [-0.2, -0.15) is 5.26 Å². The van der Waals surface area contributed by atoms with Crippen molar-refractivity contribution in [1.29, 1.82) is 5.26 Å². The molecule has 0 atom stereocenters. The van der Waals surface area contributed by atoms with E-state index in [2.05, 4.69) is 0 Å². The average Bonchev–Trinajstić information content (AvgIpc) is 2.04. The number of hydrogen-bond donors (Lipinski definition) is 1. The number of nitrogens with zero attached hydrogens (tertiary/aromatic N) is 2. The largest absolute Gasteiger partial charge is 0.338 e. The molecule has 0 unspecified atom stereocenters. The summed E-state index contributed by atoms with van der Waals surface area (Å²) in [6.07, 6.45) is 1.63. The highest BCUT2D eigenvalue weighted by Gasteiger charge is 2.46. The fourth-order valence-electron chi connectivity index (χ4n) is 0.832. The van der Waals surface area contributed by atoms with Gasteiger partial charge in [-0.15, -0.1) is 0 Å². The van der Waals surface area contributed by atoms with E-state index < -0.39 is 17.5 Å². The van der Waals surface area contributed by atoms with Gasteiger partial charge < -0.3 is 0 Å². The van der Waals surface area contributed by atoms with Gasteiger partial charge in [0.1, 0.15) is 5.54 Å². The van der Waals surface area contributed by atoms with Crippen LogP contribution in [0.3, 0.4) is 0 Å². The quantitative estimate of drug-likeness (QED) is 0.387. The van der Waals surface area contributed by atoms with Crippen molar-refractivity contribution in [3.63, 3.8) is 0 Å². The lowest BCUT2D eigenvalue weighted by atomic mass is 10.1. The van der Waals surface area contributed by atoms with E-state index in [0.29, 0.717) is 0 Å². The van der Waals surface area contributed by atoms with E-state index in [4.69, 9.17) is 5.26 Å². The Kier molecular flexibility index (Phi) is 1.34. The second-order valence-electron chi connectivity index (χ2n) is 2.75. The molecule has 0 bridgehead atoms. The number of hydrogen-bond acceptors (Lipinski definition) is 3. The predicted molar refractivity (Wildman–Crippen MR) is 35.1 cm³/mol. The standard InChI is InChI=1S/C6H7N3O2/c1-6(2)4(10)8-5(11)9(6)3-7/h1-2H3,(H,8,10,11). The molecule has 1 rings (SSSR count). The fraction of sp³-hybridized carbons (Fsp3) is 0.500. The van der Waals surface area contributed by atoms with E-state index in [-0.39, 0.29) is 0 Å². The molecule has 1 aliphatic heterocycles. The second kappa shape index (κ2) is 1.95. The highest BCUT2D eigenvalue weighted by molar-refractivity contribution is 6.07. The summed E-state index contributed by atoms with van der Waals surface area (Å²) < 4.78 is 0. The minimum absolute atomic E-state index is 0.441. The molecule has 1 fully saturated rings. The van der Waals surface area contributed by atoms with Crippen molar-refractivity contribution in [1.82, 2.24) is 10.2 Å². The lowest BCUT2D eigenvalue weighted by Gasteiger charge is -2.18. The van der Waals surface area contributed by atoms with Gasteiger partial charge in [0, 0.05) is 0 Å². The van der Waals surface area contributed by atoms with Gasteiger partial charge in [0.15, 0.2) is 6.19 Å². The van der Waals surface area contributed by atoms with E-state index in [1.807, 2.05) is 5.32 Å². The number of imide groups is 1. The first-order chi connectivity index (χ1) is 5.00. The highest BCUT2D eigenvalue weighted by atomic mass is 16.2. The van der Waals surface area contributed by atoms with Crippen molar-refractivity contribution in [2.45, 2.75) is 19.4 Å². The summed E-state index contributed by atoms with van der Waals surface area (Å²) in [4.78, 5) is 22.6. The minimum atomic E-state index is -1.04. The zero-order valence-corrected chi connectivity index (χ0v) is 6.21. The van der Waals surface area contributed by atoms with Crippen molar-refractivity contribution >= 4 is 11.9 Å². The van der Waals surface area contributed by atoms with Crippen LogP contribution in [0.25, 0.3) is 0 Å². The Hall–Kier alpha value is -1.57. The third kappa shape index (κ3) is 0.835. The number of urea groups is 1. The predicted octanol–water partition coefficient (Wildman–Crippen LogP) is -0.202. The smallest absolute Gasteiger partial charge is 0.275 e. The van der Waals surface area contributed by atoms with Crippen molar-refractivity contribution in [3.8, 4) is 6.19 Å². The van der Waals surface area contributed by atoms with Gasteiger partial charge in [-0.05, 0) is 13.8 Å². The van der Waals surface area contributed by atoms with Gasteiger partial charge in [-0.1, -0.05) is 0 Å². The molecule has 1 saturated heterocycles. The molecule has 0 aromatic rings. The summed E-state index contributed by atoms with van der Waals surface area (Å²) in [7, 11) is 0. The van der Waals surface area contributed by atoms with Crippen molar-refractivity contribution in [3.05, 3.63) is 0 Å². The molecular weight excluding hydrogens is 146 g/mol. The molecule has 0 aliphatic carbocycles. The molecule has 5 nitrogen and oxygen atoms in total. The van der Waals surface area contributed by atoms with Crippen molar-refractivity contribution in [2.75, 3.05) is 0 Å². The first-order valence-electron chi connectivity index (χ1n) is 3.05. The first kappa shape index (κ1) is 7.54. The van der Waals surface area contributed by atoms with Crippen LogP contribution in [0.5, 0.6) is 0 Å². The number of carbonyl (C=O) groups is 2. The molecule has 1 aliphatic rings. The molecule has 5 heteroatoms. The molecule has 0 saturated carbocycles. The summed E-state index contributed by atoms with van der Waals surface area (Å²) in [6, 6.07) is -0.650. The summed E-state index contributed by atoms with van der Waals surface area (Å²) >= 11 is 0. The van der Waals surface area contributed by atoms with Gasteiger partial charge >= 0.3 is 6.03 Å². The molecule has 11 heavy (non-hydrogen) atoms. The van der Waals surface area contributed by atoms with Crippen LogP contribution in [0.1, 0.15) is 13.8 Å². The van der Waals surface area contributed by atoms with Crippen LogP contribution in [0.15, 0.2) is 0 Å². The number of carbonyl (C=O) groups excluding carboxylic acids is 2. The highest BCUT2D eigenvalue weighted by Crippen LogP contribution is 2.18. The maximum absolute atomic E-state index is 11.0. The lowest BCUT2D eigenvalue weighted by molar-refractivity contribution is -0.124. The normalized spacial score (nSPS) is 21.4. The monoisotopic (exact) mass is 153 g/mol. The summed E-state index contributed by atoms with van der Waals surface area (Å²) in [6.45, 7) is 3.02. The molecule has 3 amide bonds. The fourth-order valence-corrected chi connectivity index (χ4v) is 0.832. The lowest BCUT2D eigenvalue weighted by Crippen LogP contribution is -2.41. The molecule has 1 N–H and O–H groups in total. The van der Waals surface area contributed by atoms with Gasteiger partial charge in [0.05, 0.1) is 0 Å². The Labute approximate surface area is 63.6 Å². The maximum Gasteiger partial charge on any atom is 0.338 e. The molecule has 0 aromatic heterocycles. The van der Waals surface area contributed by atoms with E-state index in [1.165, 1.54) is 13.8 Å². The van der Waals surface area contributed by atoms with Crippen LogP contribution in [0.2, 0.25) is 0 Å². The van der Waals surface area contributed by atoms with Crippen LogP contribution < -0.4 is 5.32 Å². The Morgan fingerprint density at radius 2 is 2.09 bits per heavy atom. The summed E-state index contributed by atoms with van der Waals surface area (Å²) in [5.41, 5.74) is -1.04. The van der Waals surface area contributed by atoms with Crippen LogP contribution in [-0.2, 0) is 4.79 Å². The van der Waals surface area contributed by atoms with Gasteiger partial charge in [0.25, 0.3) is 5.91 Å². The zero-order chi connectivity index (χ0) is 8.65. The van der Waals surface area contributed by atoms with Gasteiger partial charge in [0.2, 0.25) is 0 Å². The minimum Gasteiger partial charge on any atom is -0.275 e. The number of amides is 3. The summed E-state index contributed by atoms with van der Waals surface area (Å²) in [5, 5.41) is 10.5. The average molecular weight is 153 g/mol. The van der Waals surface area contributed by atoms with Gasteiger partial charge in [-0.3, -0.25) is 10.1 Å². The zero-order valence-electron chi connectivity index (χ0n) is 6.21. The SMILES string of the molecule is CC1(C)C(=O)NC(=O)N1C#N. The third-order valence-electron chi connectivity index (χ3n) is 1.64. The first-order valence-corrected chi connectivity index (χ1v) is 3.05. The van der Waals surface area contributed by atoms with E-state index in [9.17, 15) is 9.59 Å². The third-order valence-corrected chi connectivity index (χ3v) is 1.64. The van der Waals surface area contributed by atoms with E-state index >= 15 is 0 Å². The number of nitriles is 1. The van der Waals surface area contributed by atoms with Crippen molar-refractivity contribution < 1.29 is 9.59 Å². The summed E-state index contributed by atoms with van der Waals surface area (Å²) in [5.74, 6) is -0.441.